The van der Waals surface area contributed by atoms with Crippen LogP contribution in [-0.4, -0.2) is 34.5 Å². The van der Waals surface area contributed by atoms with Crippen molar-refractivity contribution in [1.29, 1.82) is 0 Å². The Kier molecular flexibility index (Phi) is 4.97. The second-order valence-electron chi connectivity index (χ2n) is 6.68. The number of fused-ring (bicyclic) bond motifs is 1. The molecule has 1 aromatic carbocycles. The summed E-state index contributed by atoms with van der Waals surface area (Å²) in [4.78, 5) is 37.7. The lowest BCUT2D eigenvalue weighted by atomic mass is 10.1. The number of para-hydroxylation sites is 1. The molecule has 30 heavy (non-hydrogen) atoms. The van der Waals surface area contributed by atoms with Gasteiger partial charge in [0.05, 0.1) is 13.7 Å². The van der Waals surface area contributed by atoms with Gasteiger partial charge in [0.15, 0.2) is 0 Å². The van der Waals surface area contributed by atoms with Gasteiger partial charge < -0.3 is 19.0 Å². The Bertz CT molecular complexity index is 1200. The Balaban J connectivity index is 1.61. The van der Waals surface area contributed by atoms with E-state index in [2.05, 4.69) is 16.6 Å². The number of esters is 1. The molecule has 0 unspecified atom stereocenters. The van der Waals surface area contributed by atoms with Gasteiger partial charge in [-0.25, -0.2) is 9.59 Å². The highest BCUT2D eigenvalue weighted by atomic mass is 16.5. The molecule has 8 nitrogen and oxygen atoms in total. The molecule has 3 heterocycles. The highest BCUT2D eigenvalue weighted by Gasteiger charge is 2.34. The van der Waals surface area contributed by atoms with E-state index in [0.29, 0.717) is 12.3 Å². The zero-order valence-corrected chi connectivity index (χ0v) is 16.3. The maximum Gasteiger partial charge on any atom is 0.373 e. The minimum Gasteiger partial charge on any atom is -0.463 e. The van der Waals surface area contributed by atoms with Gasteiger partial charge in [-0.3, -0.25) is 9.69 Å². The largest absolute Gasteiger partial charge is 0.463 e. The van der Waals surface area contributed by atoms with Crippen molar-refractivity contribution in [3.8, 4) is 0 Å². The smallest absolute Gasteiger partial charge is 0.373 e. The number of imide groups is 1. The van der Waals surface area contributed by atoms with E-state index in [9.17, 15) is 14.4 Å². The fourth-order valence-electron chi connectivity index (χ4n) is 3.38. The number of hydrogen-bond acceptors (Lipinski definition) is 5. The molecule has 1 N–H and O–H groups in total. The molecule has 4 rings (SSSR count). The number of furan rings is 1. The highest BCUT2D eigenvalue weighted by molar-refractivity contribution is 6.14. The monoisotopic (exact) mass is 405 g/mol. The molecular weight excluding hydrogens is 386 g/mol. The topological polar surface area (TPSA) is 93.8 Å². The lowest BCUT2D eigenvalue weighted by Gasteiger charge is -2.09. The Morgan fingerprint density at radius 3 is 2.80 bits per heavy atom. The number of benzene rings is 1. The lowest BCUT2D eigenvalue weighted by Crippen LogP contribution is -2.30. The molecule has 0 radical (unpaired) electrons. The molecule has 0 bridgehead atoms. The molecule has 0 aliphatic carbocycles. The minimum absolute atomic E-state index is 0.00495. The normalized spacial score (nSPS) is 15.1. The van der Waals surface area contributed by atoms with Crippen molar-refractivity contribution in [2.24, 2.45) is 0 Å². The third kappa shape index (κ3) is 3.39. The molecule has 0 spiro atoms. The summed E-state index contributed by atoms with van der Waals surface area (Å²) in [6.45, 7) is 4.30. The van der Waals surface area contributed by atoms with Crippen molar-refractivity contribution >= 4 is 34.9 Å². The fourth-order valence-corrected chi connectivity index (χ4v) is 3.38. The number of nitrogens with zero attached hydrogens (tertiary/aromatic N) is 2. The van der Waals surface area contributed by atoms with Gasteiger partial charge in [0.2, 0.25) is 5.76 Å². The second kappa shape index (κ2) is 7.75. The van der Waals surface area contributed by atoms with Crippen LogP contribution in [0.15, 0.2) is 65.4 Å². The van der Waals surface area contributed by atoms with E-state index in [1.165, 1.54) is 19.2 Å². The average Bonchev–Trinajstić information content (AvgIpc) is 3.42. The van der Waals surface area contributed by atoms with Gasteiger partial charge in [0.25, 0.3) is 5.91 Å². The molecule has 1 aliphatic rings. The second-order valence-corrected chi connectivity index (χ2v) is 6.68. The number of methoxy groups -OCH3 is 1. The van der Waals surface area contributed by atoms with Crippen molar-refractivity contribution in [2.75, 3.05) is 7.11 Å². The number of ether oxygens (including phenoxy) is 1. The average molecular weight is 405 g/mol. The van der Waals surface area contributed by atoms with E-state index in [1.54, 1.807) is 12.2 Å². The van der Waals surface area contributed by atoms with Crippen LogP contribution in [0.1, 0.15) is 21.9 Å². The summed E-state index contributed by atoms with van der Waals surface area (Å²) in [7, 11) is 1.24. The van der Waals surface area contributed by atoms with Gasteiger partial charge in [0, 0.05) is 29.2 Å². The number of hydrogen-bond donors (Lipinski definition) is 1. The standard InChI is InChI=1S/C22H19N3O5/c1-3-10-24-12-14(16-6-4-5-7-18(16)24)11-17-20(26)25(22(28)23-17)13-15-8-9-19(30-15)21(27)29-2/h3-9,11-12H,1,10,13H2,2H3,(H,23,28)/b17-11-. The van der Waals surface area contributed by atoms with E-state index in [4.69, 9.17) is 4.42 Å². The molecule has 2 aromatic heterocycles. The predicted octanol–water partition coefficient (Wildman–Crippen LogP) is 3.30. The molecule has 1 fully saturated rings. The van der Waals surface area contributed by atoms with Crippen LogP contribution < -0.4 is 5.32 Å². The number of amides is 3. The number of allylic oxidation sites excluding steroid dienone is 1. The van der Waals surface area contributed by atoms with Crippen molar-refractivity contribution < 1.29 is 23.5 Å². The summed E-state index contributed by atoms with van der Waals surface area (Å²) in [5, 5.41) is 3.56. The Hall–Kier alpha value is -4.07. The van der Waals surface area contributed by atoms with Gasteiger partial charge in [0.1, 0.15) is 11.5 Å². The number of urea groups is 1. The van der Waals surface area contributed by atoms with Crippen molar-refractivity contribution in [3.05, 3.63) is 78.0 Å². The van der Waals surface area contributed by atoms with E-state index in [1.807, 2.05) is 35.0 Å². The molecule has 8 heteroatoms. The zero-order chi connectivity index (χ0) is 21.3. The molecule has 152 valence electrons. The van der Waals surface area contributed by atoms with E-state index in [0.717, 1.165) is 21.4 Å². The number of carbonyl (C=O) groups excluding carboxylic acids is 3. The van der Waals surface area contributed by atoms with Crippen LogP contribution in [0.5, 0.6) is 0 Å². The van der Waals surface area contributed by atoms with Crippen LogP contribution in [0, 0.1) is 0 Å². The van der Waals surface area contributed by atoms with E-state index in [-0.39, 0.29) is 18.0 Å². The van der Waals surface area contributed by atoms with Crippen molar-refractivity contribution in [3.63, 3.8) is 0 Å². The van der Waals surface area contributed by atoms with Crippen LogP contribution in [-0.2, 0) is 22.6 Å². The zero-order valence-electron chi connectivity index (χ0n) is 16.3. The van der Waals surface area contributed by atoms with E-state index >= 15 is 0 Å². The summed E-state index contributed by atoms with van der Waals surface area (Å²) in [5.41, 5.74) is 1.98. The summed E-state index contributed by atoms with van der Waals surface area (Å²) in [6.07, 6.45) is 5.36. The number of rotatable bonds is 6. The van der Waals surface area contributed by atoms with Gasteiger partial charge in [-0.2, -0.15) is 0 Å². The molecule has 0 atom stereocenters. The van der Waals surface area contributed by atoms with Gasteiger partial charge >= 0.3 is 12.0 Å². The Labute approximate surface area is 172 Å². The quantitative estimate of drug-likeness (QED) is 0.294. The first-order valence-electron chi connectivity index (χ1n) is 9.22. The first kappa shape index (κ1) is 19.3. The van der Waals surface area contributed by atoms with Crippen molar-refractivity contribution in [2.45, 2.75) is 13.1 Å². The van der Waals surface area contributed by atoms with Gasteiger partial charge in [-0.15, -0.1) is 6.58 Å². The van der Waals surface area contributed by atoms with Crippen LogP contribution in [0.3, 0.4) is 0 Å². The molecule has 3 amide bonds. The van der Waals surface area contributed by atoms with E-state index < -0.39 is 17.9 Å². The van der Waals surface area contributed by atoms with Gasteiger partial charge in [-0.1, -0.05) is 24.3 Å². The Morgan fingerprint density at radius 1 is 1.23 bits per heavy atom. The summed E-state index contributed by atoms with van der Waals surface area (Å²) < 4.78 is 12.0. The highest BCUT2D eigenvalue weighted by Crippen LogP contribution is 2.25. The number of carbonyl (C=O) groups is 3. The number of nitrogens with one attached hydrogen (secondary N) is 1. The predicted molar refractivity (Wildman–Crippen MR) is 109 cm³/mol. The fraction of sp³-hybridized carbons (Fsp3) is 0.136. The molecule has 0 saturated carbocycles. The van der Waals surface area contributed by atoms with Crippen LogP contribution in [0.2, 0.25) is 0 Å². The van der Waals surface area contributed by atoms with Gasteiger partial charge in [-0.05, 0) is 24.3 Å². The number of aromatic nitrogens is 1. The van der Waals surface area contributed by atoms with Crippen molar-refractivity contribution in [1.82, 2.24) is 14.8 Å². The summed E-state index contributed by atoms with van der Waals surface area (Å²) in [6, 6.07) is 10.2. The lowest BCUT2D eigenvalue weighted by molar-refractivity contribution is -0.123. The Morgan fingerprint density at radius 2 is 2.03 bits per heavy atom. The maximum atomic E-state index is 12.8. The van der Waals surface area contributed by atoms with Crippen LogP contribution in [0.4, 0.5) is 4.79 Å². The first-order valence-corrected chi connectivity index (χ1v) is 9.22. The molecule has 1 saturated heterocycles. The first-order chi connectivity index (χ1) is 14.5. The van der Waals surface area contributed by atoms with Crippen LogP contribution >= 0.6 is 0 Å². The SMILES string of the molecule is C=CCn1cc(/C=C2\NC(=O)N(Cc3ccc(C(=O)OC)o3)C2=O)c2ccccc21. The summed E-state index contributed by atoms with van der Waals surface area (Å²) in [5.74, 6) is -0.806. The summed E-state index contributed by atoms with van der Waals surface area (Å²) >= 11 is 0. The van der Waals surface area contributed by atoms with Crippen LogP contribution in [0.25, 0.3) is 17.0 Å². The maximum absolute atomic E-state index is 12.8. The minimum atomic E-state index is -0.630. The third-order valence-corrected chi connectivity index (χ3v) is 4.77. The molecule has 1 aliphatic heterocycles. The third-order valence-electron chi connectivity index (χ3n) is 4.77. The molecule has 3 aromatic rings. The molecular formula is C22H19N3O5.